The highest BCUT2D eigenvalue weighted by molar-refractivity contribution is 5.94. The van der Waals surface area contributed by atoms with E-state index in [0.717, 1.165) is 63.1 Å². The first-order valence-corrected chi connectivity index (χ1v) is 14.7. The lowest BCUT2D eigenvalue weighted by Gasteiger charge is -2.60. The van der Waals surface area contributed by atoms with Crippen LogP contribution in [0.4, 0.5) is 13.2 Å². The van der Waals surface area contributed by atoms with Crippen molar-refractivity contribution in [1.82, 2.24) is 9.80 Å². The maximum Gasteiger partial charge on any atom is 0.416 e. The number of hydrogen-bond acceptors (Lipinski definition) is 5. The molecule has 2 saturated carbocycles. The van der Waals surface area contributed by atoms with Crippen molar-refractivity contribution in [2.75, 3.05) is 20.1 Å². The summed E-state index contributed by atoms with van der Waals surface area (Å²) in [5.74, 6) is 6.52. The summed E-state index contributed by atoms with van der Waals surface area (Å²) >= 11 is 0. The monoisotopic (exact) mass is 578 g/mol. The number of carbonyl (C=O) groups excluding carboxylic acids is 2. The van der Waals surface area contributed by atoms with Crippen LogP contribution in [0.25, 0.3) is 0 Å². The predicted octanol–water partition coefficient (Wildman–Crippen LogP) is 4.57. The van der Waals surface area contributed by atoms with E-state index in [1.54, 1.807) is 11.9 Å². The second-order valence-electron chi connectivity index (χ2n) is 12.5. The fraction of sp³-hybridized carbons (Fsp3) is 0.515. The third kappa shape index (κ3) is 4.38. The molecule has 9 heteroatoms. The summed E-state index contributed by atoms with van der Waals surface area (Å²) in [6.45, 7) is 3.32. The van der Waals surface area contributed by atoms with Crippen LogP contribution < -0.4 is 4.74 Å². The van der Waals surface area contributed by atoms with E-state index in [2.05, 4.69) is 28.9 Å². The highest BCUT2D eigenvalue weighted by Gasteiger charge is 2.66. The Morgan fingerprint density at radius 2 is 1.95 bits per heavy atom. The molecule has 2 aromatic rings. The summed E-state index contributed by atoms with van der Waals surface area (Å²) in [4.78, 5) is 29.0. The van der Waals surface area contributed by atoms with E-state index in [4.69, 9.17) is 9.47 Å². The number of carbonyl (C=O) groups is 2. The van der Waals surface area contributed by atoms with Gasteiger partial charge in [0.15, 0.2) is 0 Å². The van der Waals surface area contributed by atoms with Gasteiger partial charge in [-0.15, -0.1) is 0 Å². The molecule has 0 aromatic heterocycles. The lowest BCUT2D eigenvalue weighted by Crippen LogP contribution is -2.69. The van der Waals surface area contributed by atoms with Crippen LogP contribution in [0, 0.1) is 23.7 Å². The second-order valence-corrected chi connectivity index (χ2v) is 12.5. The number of amides is 1. The first-order valence-electron chi connectivity index (χ1n) is 14.7. The molecule has 1 amide bonds. The van der Waals surface area contributed by atoms with Crippen LogP contribution in [0.5, 0.6) is 5.75 Å². The van der Waals surface area contributed by atoms with Crippen LogP contribution >= 0.6 is 0 Å². The molecular weight excluding hydrogens is 545 g/mol. The van der Waals surface area contributed by atoms with Crippen LogP contribution in [0.15, 0.2) is 42.5 Å². The molecule has 1 saturated heterocycles. The van der Waals surface area contributed by atoms with Gasteiger partial charge >= 0.3 is 12.1 Å². The molecule has 1 spiro atoms. The first-order chi connectivity index (χ1) is 20.1. The molecule has 3 aliphatic carbocycles. The van der Waals surface area contributed by atoms with Gasteiger partial charge in [-0.1, -0.05) is 18.1 Å². The first kappa shape index (κ1) is 27.3. The largest absolute Gasteiger partial charge is 0.487 e. The molecule has 6 nitrogen and oxygen atoms in total. The van der Waals surface area contributed by atoms with Gasteiger partial charge in [-0.25, -0.2) is 0 Å². The number of alkyl halides is 3. The molecule has 7 rings (SSSR count). The lowest BCUT2D eigenvalue weighted by atomic mass is 9.51. The van der Waals surface area contributed by atoms with Gasteiger partial charge in [0.25, 0.3) is 5.91 Å². The van der Waals surface area contributed by atoms with Gasteiger partial charge in [-0.3, -0.25) is 14.5 Å². The maximum atomic E-state index is 13.3. The summed E-state index contributed by atoms with van der Waals surface area (Å²) in [5, 5.41) is 0. The standard InChI is InChI=1S/C33H33F3N2O4/c1-19(39)41-28-17-22(28)18-38-15-14-32-24-11-12-25(31(32)42-27-5-3-4-21(30(27)32)16-26(24)38)37(2)29(40)13-8-20-6-9-23(10-7-20)33(34,35)36/h3-7,9-10,22,24-26,28,31H,11-12,14-18H2,1-2H3/t22?,24-,25-,26+,28?,31-,32-/m0/s1. The van der Waals surface area contributed by atoms with Crippen molar-refractivity contribution in [2.45, 2.75) is 74.9 Å². The Morgan fingerprint density at radius 1 is 1.17 bits per heavy atom. The smallest absolute Gasteiger partial charge is 0.416 e. The molecule has 0 radical (unpaired) electrons. The van der Waals surface area contributed by atoms with Gasteiger partial charge in [0, 0.05) is 54.9 Å². The summed E-state index contributed by atoms with van der Waals surface area (Å²) in [5.41, 5.74) is 2.08. The molecule has 5 aliphatic rings. The van der Waals surface area contributed by atoms with Crippen molar-refractivity contribution in [3.8, 4) is 17.6 Å². The number of hydrogen-bond donors (Lipinski definition) is 0. The molecule has 42 heavy (non-hydrogen) atoms. The highest BCUT2D eigenvalue weighted by Crippen LogP contribution is 2.62. The highest BCUT2D eigenvalue weighted by atomic mass is 19.4. The summed E-state index contributed by atoms with van der Waals surface area (Å²) in [6.07, 6.45) is -0.00414. The third-order valence-electron chi connectivity index (χ3n) is 10.3. The van der Waals surface area contributed by atoms with E-state index in [9.17, 15) is 22.8 Å². The zero-order valence-corrected chi connectivity index (χ0v) is 23.6. The Bertz CT molecular complexity index is 1500. The molecule has 2 aliphatic heterocycles. The Hall–Kier alpha value is -3.51. The molecule has 220 valence electrons. The van der Waals surface area contributed by atoms with Gasteiger partial charge in [0.05, 0.1) is 11.6 Å². The normalized spacial score (nSPS) is 32.1. The van der Waals surface area contributed by atoms with E-state index >= 15 is 0 Å². The molecule has 2 aromatic carbocycles. The lowest BCUT2D eigenvalue weighted by molar-refractivity contribution is -0.143. The van der Waals surface area contributed by atoms with Crippen LogP contribution in [0.2, 0.25) is 0 Å². The van der Waals surface area contributed by atoms with E-state index in [-0.39, 0.29) is 35.5 Å². The van der Waals surface area contributed by atoms with Crippen LogP contribution in [-0.2, 0) is 32.3 Å². The van der Waals surface area contributed by atoms with E-state index in [1.807, 2.05) is 6.07 Å². The SMILES string of the molecule is CC(=O)OC1CC1CN1CC[C@]23c4c5cccc4O[C@H]2[C@@H](N(C)C(=O)C#Cc2ccc(C(F)(F)F)cc2)CC[C@H]3[C@H]1C5. The Balaban J connectivity index is 1.12. The van der Waals surface area contributed by atoms with Gasteiger partial charge in [0.2, 0.25) is 0 Å². The molecular formula is C33H33F3N2O4. The summed E-state index contributed by atoms with van der Waals surface area (Å²) < 4.78 is 50.9. The number of likely N-dealkylation sites (tertiary alicyclic amines) is 1. The van der Waals surface area contributed by atoms with Crippen molar-refractivity contribution in [3.63, 3.8) is 0 Å². The number of rotatable bonds is 4. The predicted molar refractivity (Wildman–Crippen MR) is 147 cm³/mol. The average molecular weight is 579 g/mol. The minimum absolute atomic E-state index is 0.0301. The number of piperidine rings is 1. The van der Waals surface area contributed by atoms with Gasteiger partial charge < -0.3 is 14.4 Å². The number of halogens is 3. The van der Waals surface area contributed by atoms with Crippen molar-refractivity contribution < 1.29 is 32.2 Å². The maximum absolute atomic E-state index is 13.3. The number of benzene rings is 2. The Morgan fingerprint density at radius 3 is 2.69 bits per heavy atom. The topological polar surface area (TPSA) is 59.1 Å². The number of nitrogens with zero attached hydrogens (tertiary/aromatic N) is 2. The zero-order chi connectivity index (χ0) is 29.4. The van der Waals surface area contributed by atoms with Gasteiger partial charge in [0.1, 0.15) is 18.0 Å². The number of likely N-dealkylation sites (N-methyl/N-ethyl adjacent to an activating group) is 1. The molecule has 2 unspecified atom stereocenters. The summed E-state index contributed by atoms with van der Waals surface area (Å²) in [7, 11) is 1.76. The molecule has 3 fully saturated rings. The zero-order valence-electron chi connectivity index (χ0n) is 23.6. The Kier molecular flexibility index (Phi) is 6.36. The fourth-order valence-corrected chi connectivity index (χ4v) is 8.37. The van der Waals surface area contributed by atoms with Crippen molar-refractivity contribution in [2.24, 2.45) is 11.8 Å². The minimum atomic E-state index is -4.42. The van der Waals surface area contributed by atoms with Crippen molar-refractivity contribution >= 4 is 11.9 Å². The van der Waals surface area contributed by atoms with E-state index in [1.165, 1.54) is 30.2 Å². The van der Waals surface area contributed by atoms with Crippen LogP contribution in [-0.4, -0.2) is 66.1 Å². The minimum Gasteiger partial charge on any atom is -0.487 e. The van der Waals surface area contributed by atoms with E-state index in [0.29, 0.717) is 23.4 Å². The molecule has 0 N–H and O–H groups in total. The molecule has 2 bridgehead atoms. The Labute approximate surface area is 243 Å². The third-order valence-corrected chi connectivity index (χ3v) is 10.3. The van der Waals surface area contributed by atoms with Crippen LogP contribution in [0.3, 0.4) is 0 Å². The second kappa shape index (κ2) is 9.77. The number of esters is 1. The van der Waals surface area contributed by atoms with Crippen LogP contribution in [0.1, 0.15) is 54.9 Å². The van der Waals surface area contributed by atoms with Crippen molar-refractivity contribution in [3.05, 3.63) is 64.7 Å². The van der Waals surface area contributed by atoms with Crippen molar-refractivity contribution in [1.29, 1.82) is 0 Å². The molecule has 2 heterocycles. The van der Waals surface area contributed by atoms with Gasteiger partial charge in [-0.05, 0) is 80.5 Å². The fourth-order valence-electron chi connectivity index (χ4n) is 8.37. The summed E-state index contributed by atoms with van der Waals surface area (Å²) in [6, 6.07) is 11.0. The number of ether oxygens (including phenoxy) is 2. The molecule has 7 atom stereocenters. The average Bonchev–Trinajstić information content (AvgIpc) is 3.58. The van der Waals surface area contributed by atoms with E-state index < -0.39 is 11.7 Å². The van der Waals surface area contributed by atoms with Gasteiger partial charge in [-0.2, -0.15) is 13.2 Å². The quantitative estimate of drug-likeness (QED) is 0.393.